The molecule has 1 atom stereocenters. The second-order valence-corrected chi connectivity index (χ2v) is 5.18. The lowest BCUT2D eigenvalue weighted by Crippen LogP contribution is -2.15. The molecule has 0 heterocycles. The summed E-state index contributed by atoms with van der Waals surface area (Å²) in [6, 6.07) is 5.42. The number of esters is 1. The molecule has 3 N–H and O–H groups in total. The predicted molar refractivity (Wildman–Crippen MR) is 77.2 cm³/mol. The first-order valence-corrected chi connectivity index (χ1v) is 6.93. The van der Waals surface area contributed by atoms with Gasteiger partial charge in [0.1, 0.15) is 0 Å². The van der Waals surface area contributed by atoms with Crippen molar-refractivity contribution in [3.05, 3.63) is 23.8 Å². The second-order valence-electron chi connectivity index (χ2n) is 5.18. The highest BCUT2D eigenvalue weighted by atomic mass is 16.5. The van der Waals surface area contributed by atoms with Crippen LogP contribution < -0.4 is 11.1 Å². The number of rotatable bonds is 6. The molecule has 2 rings (SSSR count). The van der Waals surface area contributed by atoms with Crippen LogP contribution in [0.15, 0.2) is 18.2 Å². The van der Waals surface area contributed by atoms with E-state index in [1.807, 2.05) is 12.1 Å². The summed E-state index contributed by atoms with van der Waals surface area (Å²) in [5, 5.41) is 3.34. The fraction of sp³-hybridized carbons (Fsp3) is 0.533. The summed E-state index contributed by atoms with van der Waals surface area (Å²) in [4.78, 5) is 11.7. The van der Waals surface area contributed by atoms with E-state index in [0.29, 0.717) is 23.8 Å². The molecule has 1 aromatic rings. The molecule has 0 radical (unpaired) electrons. The van der Waals surface area contributed by atoms with Gasteiger partial charge in [-0.15, -0.1) is 0 Å². The Labute approximate surface area is 114 Å². The van der Waals surface area contributed by atoms with E-state index in [1.54, 1.807) is 13.0 Å². The maximum absolute atomic E-state index is 11.7. The smallest absolute Gasteiger partial charge is 0.340 e. The zero-order chi connectivity index (χ0) is 13.8. The first-order chi connectivity index (χ1) is 9.13. The average molecular weight is 262 g/mol. The Kier molecular flexibility index (Phi) is 4.30. The highest BCUT2D eigenvalue weighted by Gasteiger charge is 2.27. The molecule has 1 fully saturated rings. The molecule has 1 aliphatic rings. The summed E-state index contributed by atoms with van der Waals surface area (Å²) in [5.74, 6) is 1.13. The SMILES string of the molecule is CCOC(=O)c1cccc(NCC(C)C2CC2)c1N. The van der Waals surface area contributed by atoms with E-state index in [4.69, 9.17) is 10.5 Å². The Bertz CT molecular complexity index is 455. The predicted octanol–water partition coefficient (Wildman–Crippen LogP) is 2.90. The van der Waals surface area contributed by atoms with Gasteiger partial charge in [0.05, 0.1) is 23.5 Å². The Morgan fingerprint density at radius 1 is 1.53 bits per heavy atom. The van der Waals surface area contributed by atoms with E-state index in [-0.39, 0.29) is 5.97 Å². The number of hydrogen-bond acceptors (Lipinski definition) is 4. The topological polar surface area (TPSA) is 64.3 Å². The fourth-order valence-electron chi connectivity index (χ4n) is 2.21. The summed E-state index contributed by atoms with van der Waals surface area (Å²) in [6.45, 7) is 5.28. The summed E-state index contributed by atoms with van der Waals surface area (Å²) in [7, 11) is 0. The van der Waals surface area contributed by atoms with Gasteiger partial charge in [0.25, 0.3) is 0 Å². The molecular formula is C15H22N2O2. The van der Waals surface area contributed by atoms with Gasteiger partial charge in [-0.05, 0) is 43.7 Å². The van der Waals surface area contributed by atoms with Crippen LogP contribution in [0.1, 0.15) is 37.0 Å². The molecule has 0 spiro atoms. The third-order valence-corrected chi connectivity index (χ3v) is 3.64. The number of nitrogens with one attached hydrogen (secondary N) is 1. The van der Waals surface area contributed by atoms with Gasteiger partial charge in [0.2, 0.25) is 0 Å². The van der Waals surface area contributed by atoms with Crippen LogP contribution in [0.3, 0.4) is 0 Å². The van der Waals surface area contributed by atoms with Crippen LogP contribution in [-0.4, -0.2) is 19.1 Å². The maximum Gasteiger partial charge on any atom is 0.340 e. The average Bonchev–Trinajstić information content (AvgIpc) is 3.21. The second kappa shape index (κ2) is 5.95. The number of ether oxygens (including phenoxy) is 1. The highest BCUT2D eigenvalue weighted by molar-refractivity contribution is 5.98. The minimum absolute atomic E-state index is 0.356. The number of nitrogens with two attached hydrogens (primary N) is 1. The zero-order valence-corrected chi connectivity index (χ0v) is 11.6. The van der Waals surface area contributed by atoms with Crippen molar-refractivity contribution in [1.82, 2.24) is 0 Å². The quantitative estimate of drug-likeness (QED) is 0.611. The summed E-state index contributed by atoms with van der Waals surface area (Å²) < 4.78 is 4.99. The number of benzene rings is 1. The van der Waals surface area contributed by atoms with Gasteiger partial charge in [-0.2, -0.15) is 0 Å². The van der Waals surface area contributed by atoms with E-state index in [1.165, 1.54) is 12.8 Å². The van der Waals surface area contributed by atoms with Gasteiger partial charge in [-0.3, -0.25) is 0 Å². The Morgan fingerprint density at radius 2 is 2.26 bits per heavy atom. The van der Waals surface area contributed by atoms with E-state index in [0.717, 1.165) is 18.2 Å². The molecule has 19 heavy (non-hydrogen) atoms. The minimum atomic E-state index is -0.362. The lowest BCUT2D eigenvalue weighted by Gasteiger charge is -2.15. The summed E-state index contributed by atoms with van der Waals surface area (Å²) in [5.41, 5.74) is 7.76. The Balaban J connectivity index is 2.03. The molecule has 0 bridgehead atoms. The molecule has 0 amide bonds. The lowest BCUT2D eigenvalue weighted by molar-refractivity contribution is 0.0527. The molecule has 4 heteroatoms. The summed E-state index contributed by atoms with van der Waals surface area (Å²) >= 11 is 0. The standard InChI is InChI=1S/C15H22N2O2/c1-3-19-15(18)12-5-4-6-13(14(12)16)17-9-10(2)11-7-8-11/h4-6,10-11,17H,3,7-9,16H2,1-2H3. The highest BCUT2D eigenvalue weighted by Crippen LogP contribution is 2.36. The molecule has 4 nitrogen and oxygen atoms in total. The van der Waals surface area contributed by atoms with Crippen molar-refractivity contribution >= 4 is 17.3 Å². The zero-order valence-electron chi connectivity index (χ0n) is 11.6. The van der Waals surface area contributed by atoms with Crippen LogP contribution in [0, 0.1) is 11.8 Å². The molecule has 104 valence electrons. The molecule has 1 aliphatic carbocycles. The minimum Gasteiger partial charge on any atom is -0.462 e. The van der Waals surface area contributed by atoms with Crippen LogP contribution in [0.4, 0.5) is 11.4 Å². The third kappa shape index (κ3) is 3.40. The number of carbonyl (C=O) groups is 1. The number of hydrogen-bond donors (Lipinski definition) is 2. The van der Waals surface area contributed by atoms with Gasteiger partial charge in [-0.1, -0.05) is 13.0 Å². The fourth-order valence-corrected chi connectivity index (χ4v) is 2.21. The molecular weight excluding hydrogens is 240 g/mol. The third-order valence-electron chi connectivity index (χ3n) is 3.64. The van der Waals surface area contributed by atoms with Crippen LogP contribution in [0.25, 0.3) is 0 Å². The van der Waals surface area contributed by atoms with Crippen molar-refractivity contribution in [2.24, 2.45) is 11.8 Å². The molecule has 1 unspecified atom stereocenters. The number of anilines is 2. The van der Waals surface area contributed by atoms with E-state index >= 15 is 0 Å². The van der Waals surface area contributed by atoms with E-state index in [9.17, 15) is 4.79 Å². The van der Waals surface area contributed by atoms with Crippen molar-refractivity contribution in [3.63, 3.8) is 0 Å². The first-order valence-electron chi connectivity index (χ1n) is 6.93. The normalized spacial score (nSPS) is 15.9. The van der Waals surface area contributed by atoms with Crippen molar-refractivity contribution < 1.29 is 9.53 Å². The van der Waals surface area contributed by atoms with Gasteiger partial charge in [0.15, 0.2) is 0 Å². The van der Waals surface area contributed by atoms with Crippen molar-refractivity contribution in [3.8, 4) is 0 Å². The number of carbonyl (C=O) groups excluding carboxylic acids is 1. The van der Waals surface area contributed by atoms with Gasteiger partial charge >= 0.3 is 5.97 Å². The van der Waals surface area contributed by atoms with Crippen LogP contribution in [-0.2, 0) is 4.74 Å². The first kappa shape index (κ1) is 13.7. The molecule has 0 aliphatic heterocycles. The largest absolute Gasteiger partial charge is 0.462 e. The van der Waals surface area contributed by atoms with Crippen molar-refractivity contribution in [2.45, 2.75) is 26.7 Å². The monoisotopic (exact) mass is 262 g/mol. The number of nitrogen functional groups attached to an aromatic ring is 1. The van der Waals surface area contributed by atoms with Crippen molar-refractivity contribution in [2.75, 3.05) is 24.2 Å². The van der Waals surface area contributed by atoms with Crippen LogP contribution >= 0.6 is 0 Å². The van der Waals surface area contributed by atoms with Gasteiger partial charge in [0, 0.05) is 6.54 Å². The van der Waals surface area contributed by atoms with E-state index < -0.39 is 0 Å². The number of para-hydroxylation sites is 1. The Morgan fingerprint density at radius 3 is 2.89 bits per heavy atom. The summed E-state index contributed by atoms with van der Waals surface area (Å²) in [6.07, 6.45) is 2.67. The van der Waals surface area contributed by atoms with Gasteiger partial charge < -0.3 is 15.8 Å². The molecule has 1 saturated carbocycles. The van der Waals surface area contributed by atoms with E-state index in [2.05, 4.69) is 12.2 Å². The molecule has 0 aromatic heterocycles. The van der Waals surface area contributed by atoms with Crippen LogP contribution in [0.5, 0.6) is 0 Å². The maximum atomic E-state index is 11.7. The van der Waals surface area contributed by atoms with Gasteiger partial charge in [-0.25, -0.2) is 4.79 Å². The van der Waals surface area contributed by atoms with Crippen molar-refractivity contribution in [1.29, 1.82) is 0 Å². The van der Waals surface area contributed by atoms with Crippen LogP contribution in [0.2, 0.25) is 0 Å². The molecule has 0 saturated heterocycles. The molecule has 1 aromatic carbocycles. The lowest BCUT2D eigenvalue weighted by atomic mass is 10.1. The Hall–Kier alpha value is -1.71.